The Hall–Kier alpha value is -3.44. The molecule has 140 valence electrons. The van der Waals surface area contributed by atoms with Crippen LogP contribution in [0.15, 0.2) is 85.2 Å². The number of aromatic nitrogens is 2. The normalized spacial score (nSPS) is 12.0. The van der Waals surface area contributed by atoms with Crippen LogP contribution in [0.1, 0.15) is 22.9 Å². The molecule has 0 radical (unpaired) electrons. The molecule has 0 saturated heterocycles. The second-order valence-corrected chi connectivity index (χ2v) is 6.78. The summed E-state index contributed by atoms with van der Waals surface area (Å²) in [7, 11) is 0. The van der Waals surface area contributed by atoms with Crippen molar-refractivity contribution in [3.05, 3.63) is 102 Å². The van der Waals surface area contributed by atoms with E-state index < -0.39 is 6.04 Å². The maximum absolute atomic E-state index is 13.0. The maximum atomic E-state index is 13.0. The Morgan fingerprint density at radius 3 is 2.50 bits per heavy atom. The van der Waals surface area contributed by atoms with Gasteiger partial charge in [-0.15, -0.1) is 0 Å². The fraction of sp³-hybridized carbons (Fsp3) is 0.130. The zero-order chi connectivity index (χ0) is 19.3. The number of rotatable bonds is 6. The summed E-state index contributed by atoms with van der Waals surface area (Å²) in [5.74, 6) is -0.0983. The SMILES string of the molecule is Cc1ccc(NC(=O)[C@H](NCc2cn3ccccc3n2)c2ccccc2)cc1. The Balaban J connectivity index is 1.53. The van der Waals surface area contributed by atoms with Gasteiger partial charge in [-0.1, -0.05) is 54.1 Å². The van der Waals surface area contributed by atoms with Crippen LogP contribution < -0.4 is 10.6 Å². The number of benzene rings is 2. The molecule has 4 aromatic rings. The molecule has 2 heterocycles. The average Bonchev–Trinajstić information content (AvgIpc) is 3.13. The molecule has 1 atom stereocenters. The first-order valence-corrected chi connectivity index (χ1v) is 9.27. The molecular formula is C23H22N4O. The molecule has 5 nitrogen and oxygen atoms in total. The van der Waals surface area contributed by atoms with Crippen molar-refractivity contribution in [3.8, 4) is 0 Å². The summed E-state index contributed by atoms with van der Waals surface area (Å²) in [6.07, 6.45) is 3.94. The molecule has 2 aromatic heterocycles. The topological polar surface area (TPSA) is 58.4 Å². The number of hydrogen-bond donors (Lipinski definition) is 2. The summed E-state index contributed by atoms with van der Waals surface area (Å²) >= 11 is 0. The molecule has 28 heavy (non-hydrogen) atoms. The summed E-state index contributed by atoms with van der Waals surface area (Å²) in [5.41, 5.74) is 4.62. The third-order valence-corrected chi connectivity index (χ3v) is 4.62. The Morgan fingerprint density at radius 2 is 1.75 bits per heavy atom. The van der Waals surface area contributed by atoms with Gasteiger partial charge < -0.3 is 9.72 Å². The molecule has 0 spiro atoms. The number of carbonyl (C=O) groups is 1. The van der Waals surface area contributed by atoms with Crippen molar-refractivity contribution < 1.29 is 4.79 Å². The van der Waals surface area contributed by atoms with Gasteiger partial charge in [0.15, 0.2) is 0 Å². The predicted molar refractivity (Wildman–Crippen MR) is 111 cm³/mol. The fourth-order valence-corrected chi connectivity index (χ4v) is 3.14. The molecule has 0 aliphatic rings. The molecule has 2 aromatic carbocycles. The lowest BCUT2D eigenvalue weighted by Gasteiger charge is -2.18. The van der Waals surface area contributed by atoms with Crippen molar-refractivity contribution in [3.63, 3.8) is 0 Å². The average molecular weight is 370 g/mol. The van der Waals surface area contributed by atoms with Gasteiger partial charge in [0.05, 0.1) is 5.69 Å². The Labute approximate surface area is 164 Å². The van der Waals surface area contributed by atoms with Crippen molar-refractivity contribution in [1.82, 2.24) is 14.7 Å². The number of nitrogens with zero attached hydrogens (tertiary/aromatic N) is 2. The minimum Gasteiger partial charge on any atom is -0.324 e. The van der Waals surface area contributed by atoms with Crippen LogP contribution in [0.3, 0.4) is 0 Å². The highest BCUT2D eigenvalue weighted by Crippen LogP contribution is 2.17. The molecule has 0 aliphatic heterocycles. The molecule has 5 heteroatoms. The van der Waals surface area contributed by atoms with Crippen molar-refractivity contribution in [2.75, 3.05) is 5.32 Å². The Bertz CT molecular complexity index is 1040. The second kappa shape index (κ2) is 8.06. The number of pyridine rings is 1. The third-order valence-electron chi connectivity index (χ3n) is 4.62. The van der Waals surface area contributed by atoms with Crippen LogP contribution in [0, 0.1) is 6.92 Å². The van der Waals surface area contributed by atoms with Crippen LogP contribution in [0.25, 0.3) is 5.65 Å². The van der Waals surface area contributed by atoms with Gasteiger partial charge in [-0.3, -0.25) is 10.1 Å². The van der Waals surface area contributed by atoms with Crippen LogP contribution in [0.4, 0.5) is 5.69 Å². The van der Waals surface area contributed by atoms with Gasteiger partial charge in [0.25, 0.3) is 0 Å². The first kappa shape index (κ1) is 17.9. The summed E-state index contributed by atoms with van der Waals surface area (Å²) in [5, 5.41) is 6.36. The number of hydrogen-bond acceptors (Lipinski definition) is 3. The van der Waals surface area contributed by atoms with E-state index in [-0.39, 0.29) is 5.91 Å². The van der Waals surface area contributed by atoms with Crippen LogP contribution in [-0.2, 0) is 11.3 Å². The lowest BCUT2D eigenvalue weighted by Crippen LogP contribution is -2.32. The van der Waals surface area contributed by atoms with Gasteiger partial charge in [0, 0.05) is 24.6 Å². The highest BCUT2D eigenvalue weighted by atomic mass is 16.2. The first-order valence-electron chi connectivity index (χ1n) is 9.27. The smallest absolute Gasteiger partial charge is 0.246 e. The number of amides is 1. The van der Waals surface area contributed by atoms with E-state index in [2.05, 4.69) is 15.6 Å². The van der Waals surface area contributed by atoms with Gasteiger partial charge in [-0.05, 0) is 36.8 Å². The fourth-order valence-electron chi connectivity index (χ4n) is 3.14. The quantitative estimate of drug-likeness (QED) is 0.537. The van der Waals surface area contributed by atoms with E-state index in [4.69, 9.17) is 0 Å². The van der Waals surface area contributed by atoms with E-state index in [0.29, 0.717) is 6.54 Å². The van der Waals surface area contributed by atoms with E-state index in [1.54, 1.807) is 0 Å². The van der Waals surface area contributed by atoms with E-state index in [9.17, 15) is 4.79 Å². The molecule has 4 rings (SSSR count). The Kier molecular flexibility index (Phi) is 5.17. The van der Waals surface area contributed by atoms with Crippen molar-refractivity contribution >= 4 is 17.2 Å². The summed E-state index contributed by atoms with van der Waals surface area (Å²) < 4.78 is 1.97. The highest BCUT2D eigenvalue weighted by molar-refractivity contribution is 5.95. The predicted octanol–water partition coefficient (Wildman–Crippen LogP) is 4.11. The van der Waals surface area contributed by atoms with Gasteiger partial charge in [-0.2, -0.15) is 0 Å². The van der Waals surface area contributed by atoms with E-state index in [1.807, 2.05) is 96.5 Å². The number of aryl methyl sites for hydroxylation is 1. The molecule has 2 N–H and O–H groups in total. The maximum Gasteiger partial charge on any atom is 0.246 e. The summed E-state index contributed by atoms with van der Waals surface area (Å²) in [6.45, 7) is 2.51. The first-order chi connectivity index (χ1) is 13.7. The lowest BCUT2D eigenvalue weighted by atomic mass is 10.1. The zero-order valence-electron chi connectivity index (χ0n) is 15.7. The Morgan fingerprint density at radius 1 is 1.00 bits per heavy atom. The van der Waals surface area contributed by atoms with Crippen LogP contribution >= 0.6 is 0 Å². The van der Waals surface area contributed by atoms with E-state index >= 15 is 0 Å². The highest BCUT2D eigenvalue weighted by Gasteiger charge is 2.20. The van der Waals surface area contributed by atoms with Gasteiger partial charge in [0.2, 0.25) is 5.91 Å². The number of anilines is 1. The number of carbonyl (C=O) groups excluding carboxylic acids is 1. The van der Waals surface area contributed by atoms with E-state index in [1.165, 1.54) is 0 Å². The monoisotopic (exact) mass is 370 g/mol. The molecule has 0 aliphatic carbocycles. The van der Waals surface area contributed by atoms with Crippen LogP contribution in [0.2, 0.25) is 0 Å². The number of nitrogens with one attached hydrogen (secondary N) is 2. The molecule has 0 unspecified atom stereocenters. The molecule has 0 saturated carbocycles. The van der Waals surface area contributed by atoms with Crippen LogP contribution in [-0.4, -0.2) is 15.3 Å². The van der Waals surface area contributed by atoms with Gasteiger partial charge in [-0.25, -0.2) is 4.98 Å². The molecule has 1 amide bonds. The molecular weight excluding hydrogens is 348 g/mol. The summed E-state index contributed by atoms with van der Waals surface area (Å²) in [4.78, 5) is 17.6. The molecule has 0 bridgehead atoms. The zero-order valence-corrected chi connectivity index (χ0v) is 15.7. The minimum atomic E-state index is -0.479. The van der Waals surface area contributed by atoms with E-state index in [0.717, 1.165) is 28.2 Å². The third kappa shape index (κ3) is 4.10. The van der Waals surface area contributed by atoms with Crippen molar-refractivity contribution in [2.24, 2.45) is 0 Å². The van der Waals surface area contributed by atoms with Gasteiger partial charge >= 0.3 is 0 Å². The second-order valence-electron chi connectivity index (χ2n) is 6.78. The number of fused-ring (bicyclic) bond motifs is 1. The lowest BCUT2D eigenvalue weighted by molar-refractivity contribution is -0.118. The molecule has 0 fully saturated rings. The standard InChI is InChI=1S/C23H22N4O/c1-17-10-12-19(13-11-17)26-23(28)22(18-7-3-2-4-8-18)24-15-20-16-27-14-6-5-9-21(27)25-20/h2-14,16,22,24H,15H2,1H3,(H,26,28)/t22-/m1/s1. The van der Waals surface area contributed by atoms with Crippen molar-refractivity contribution in [2.45, 2.75) is 19.5 Å². The van der Waals surface area contributed by atoms with Crippen LogP contribution in [0.5, 0.6) is 0 Å². The van der Waals surface area contributed by atoms with Crippen molar-refractivity contribution in [1.29, 1.82) is 0 Å². The van der Waals surface area contributed by atoms with Gasteiger partial charge in [0.1, 0.15) is 11.7 Å². The number of imidazole rings is 1. The largest absolute Gasteiger partial charge is 0.324 e. The minimum absolute atomic E-state index is 0.0983. The summed E-state index contributed by atoms with van der Waals surface area (Å²) in [6, 6.07) is 22.9.